The third kappa shape index (κ3) is 3.81. The summed E-state index contributed by atoms with van der Waals surface area (Å²) in [5.74, 6) is 1.14. The summed E-state index contributed by atoms with van der Waals surface area (Å²) in [6.07, 6.45) is 7.13. The molecule has 0 aromatic carbocycles. The van der Waals surface area contributed by atoms with Crippen LogP contribution in [0.3, 0.4) is 0 Å². The van der Waals surface area contributed by atoms with Crippen molar-refractivity contribution in [1.29, 1.82) is 0 Å². The molecule has 1 N–H and O–H groups in total. The molecule has 5 nitrogen and oxygen atoms in total. The third-order valence-corrected chi connectivity index (χ3v) is 4.30. The molecule has 2 rings (SSSR count). The number of nitrogens with zero attached hydrogens (tertiary/aromatic N) is 4. The first-order valence-electron chi connectivity index (χ1n) is 7.49. The van der Waals surface area contributed by atoms with E-state index in [1.807, 2.05) is 19.4 Å². The lowest BCUT2D eigenvalue weighted by Crippen LogP contribution is -2.50. The fourth-order valence-corrected chi connectivity index (χ4v) is 3.38. The van der Waals surface area contributed by atoms with Crippen molar-refractivity contribution in [2.75, 3.05) is 46.9 Å². The zero-order valence-corrected chi connectivity index (χ0v) is 13.0. The van der Waals surface area contributed by atoms with Crippen molar-refractivity contribution in [2.24, 2.45) is 12.5 Å². The van der Waals surface area contributed by atoms with Gasteiger partial charge in [-0.05, 0) is 33.5 Å². The molecular formula is C15H28N4O. The molecular weight excluding hydrogens is 252 g/mol. The minimum atomic E-state index is 0.0450. The first kappa shape index (κ1) is 15.5. The molecule has 0 radical (unpaired) electrons. The Kier molecular flexibility index (Phi) is 5.18. The highest BCUT2D eigenvalue weighted by atomic mass is 16.3. The van der Waals surface area contributed by atoms with Gasteiger partial charge >= 0.3 is 0 Å². The van der Waals surface area contributed by atoms with Crippen molar-refractivity contribution >= 4 is 0 Å². The molecule has 0 spiro atoms. The largest absolute Gasteiger partial charge is 0.396 e. The van der Waals surface area contributed by atoms with Crippen LogP contribution in [0.5, 0.6) is 0 Å². The molecule has 2 heterocycles. The maximum Gasteiger partial charge on any atom is 0.109 e. The molecule has 0 amide bonds. The standard InChI is InChI=1S/C15H28N4O/c1-17(2)11-15(13-20)6-4-8-19(12-15)9-5-14-16-7-10-18(14)3/h7,10,20H,4-6,8-9,11-13H2,1-3H3. The van der Waals surface area contributed by atoms with Gasteiger partial charge in [0.1, 0.15) is 5.82 Å². The van der Waals surface area contributed by atoms with Crippen molar-refractivity contribution in [3.63, 3.8) is 0 Å². The average molecular weight is 280 g/mol. The Hall–Kier alpha value is -0.910. The van der Waals surface area contributed by atoms with Crippen LogP contribution >= 0.6 is 0 Å². The average Bonchev–Trinajstić information content (AvgIpc) is 2.81. The number of piperidine rings is 1. The number of aliphatic hydroxyl groups is 1. The Morgan fingerprint density at radius 1 is 1.45 bits per heavy atom. The molecule has 5 heteroatoms. The molecule has 1 unspecified atom stereocenters. The van der Waals surface area contributed by atoms with Crippen LogP contribution in [0.4, 0.5) is 0 Å². The molecule has 0 bridgehead atoms. The van der Waals surface area contributed by atoms with Gasteiger partial charge < -0.3 is 19.5 Å². The van der Waals surface area contributed by atoms with Gasteiger partial charge in [0.2, 0.25) is 0 Å². The summed E-state index contributed by atoms with van der Waals surface area (Å²) in [7, 11) is 6.22. The Bertz CT molecular complexity index is 418. The van der Waals surface area contributed by atoms with Crippen molar-refractivity contribution < 1.29 is 5.11 Å². The molecule has 1 aromatic rings. The zero-order chi connectivity index (χ0) is 14.6. The molecule has 1 aromatic heterocycles. The van der Waals surface area contributed by atoms with E-state index in [9.17, 15) is 5.11 Å². The molecule has 1 aliphatic rings. The van der Waals surface area contributed by atoms with Crippen LogP contribution in [-0.2, 0) is 13.5 Å². The Morgan fingerprint density at radius 3 is 2.85 bits per heavy atom. The maximum absolute atomic E-state index is 9.83. The summed E-state index contributed by atoms with van der Waals surface area (Å²) in [6, 6.07) is 0. The van der Waals surface area contributed by atoms with Gasteiger partial charge in [-0.25, -0.2) is 4.98 Å². The molecule has 0 saturated carbocycles. The van der Waals surface area contributed by atoms with E-state index in [-0.39, 0.29) is 12.0 Å². The third-order valence-electron chi connectivity index (χ3n) is 4.30. The molecule has 0 aliphatic carbocycles. The molecule has 1 aliphatic heterocycles. The lowest BCUT2D eigenvalue weighted by atomic mass is 9.80. The topological polar surface area (TPSA) is 44.5 Å². The summed E-state index contributed by atoms with van der Waals surface area (Å²) in [5.41, 5.74) is 0.0450. The normalized spacial score (nSPS) is 24.4. The van der Waals surface area contributed by atoms with E-state index in [0.717, 1.165) is 44.8 Å². The number of imidazole rings is 1. The van der Waals surface area contributed by atoms with Crippen LogP contribution < -0.4 is 0 Å². The van der Waals surface area contributed by atoms with Crippen LogP contribution in [0, 0.1) is 5.41 Å². The van der Waals surface area contributed by atoms with Gasteiger partial charge in [0.25, 0.3) is 0 Å². The van der Waals surface area contributed by atoms with E-state index in [1.54, 1.807) is 0 Å². The van der Waals surface area contributed by atoms with Crippen molar-refractivity contribution in [3.05, 3.63) is 18.2 Å². The lowest BCUT2D eigenvalue weighted by molar-refractivity contribution is 0.0138. The minimum Gasteiger partial charge on any atom is -0.396 e. The van der Waals surface area contributed by atoms with Crippen LogP contribution in [0.25, 0.3) is 0 Å². The van der Waals surface area contributed by atoms with Crippen LogP contribution in [0.15, 0.2) is 12.4 Å². The summed E-state index contributed by atoms with van der Waals surface area (Å²) in [5, 5.41) is 9.83. The Labute approximate surface area is 122 Å². The second kappa shape index (κ2) is 6.70. The maximum atomic E-state index is 9.83. The molecule has 114 valence electrons. The van der Waals surface area contributed by atoms with E-state index in [2.05, 4.69) is 33.4 Å². The number of hydrogen-bond donors (Lipinski definition) is 1. The highest BCUT2D eigenvalue weighted by Crippen LogP contribution is 2.30. The molecule has 1 saturated heterocycles. The van der Waals surface area contributed by atoms with Gasteiger partial charge in [-0.3, -0.25) is 0 Å². The van der Waals surface area contributed by atoms with Crippen LogP contribution in [-0.4, -0.2) is 71.3 Å². The number of aromatic nitrogens is 2. The van der Waals surface area contributed by atoms with E-state index in [0.29, 0.717) is 0 Å². The second-order valence-corrected chi connectivity index (χ2v) is 6.48. The lowest BCUT2D eigenvalue weighted by Gasteiger charge is -2.43. The number of likely N-dealkylation sites (tertiary alicyclic amines) is 1. The predicted octanol–water partition coefficient (Wildman–Crippen LogP) is 0.599. The quantitative estimate of drug-likeness (QED) is 0.829. The monoisotopic (exact) mass is 280 g/mol. The Morgan fingerprint density at radius 2 is 2.25 bits per heavy atom. The fraction of sp³-hybridized carbons (Fsp3) is 0.800. The first-order chi connectivity index (χ1) is 9.54. The van der Waals surface area contributed by atoms with Crippen molar-refractivity contribution in [1.82, 2.24) is 19.4 Å². The number of rotatable bonds is 6. The molecule has 1 fully saturated rings. The van der Waals surface area contributed by atoms with Crippen molar-refractivity contribution in [2.45, 2.75) is 19.3 Å². The van der Waals surface area contributed by atoms with Gasteiger partial charge in [-0.2, -0.15) is 0 Å². The molecule has 1 atom stereocenters. The van der Waals surface area contributed by atoms with Gasteiger partial charge in [0.05, 0.1) is 6.61 Å². The van der Waals surface area contributed by atoms with Gasteiger partial charge in [0.15, 0.2) is 0 Å². The smallest absolute Gasteiger partial charge is 0.109 e. The number of aryl methyl sites for hydroxylation is 1. The summed E-state index contributed by atoms with van der Waals surface area (Å²) in [6.45, 7) is 4.40. The van der Waals surface area contributed by atoms with E-state index < -0.39 is 0 Å². The van der Waals surface area contributed by atoms with Crippen LogP contribution in [0.1, 0.15) is 18.7 Å². The van der Waals surface area contributed by atoms with Gasteiger partial charge in [-0.15, -0.1) is 0 Å². The first-order valence-corrected chi connectivity index (χ1v) is 7.49. The van der Waals surface area contributed by atoms with E-state index >= 15 is 0 Å². The number of aliphatic hydroxyl groups excluding tert-OH is 1. The minimum absolute atomic E-state index is 0.0450. The van der Waals surface area contributed by atoms with E-state index in [1.165, 1.54) is 6.42 Å². The van der Waals surface area contributed by atoms with Crippen molar-refractivity contribution in [3.8, 4) is 0 Å². The van der Waals surface area contributed by atoms with Gasteiger partial charge in [-0.1, -0.05) is 0 Å². The Balaban J connectivity index is 1.91. The summed E-state index contributed by atoms with van der Waals surface area (Å²) < 4.78 is 2.09. The van der Waals surface area contributed by atoms with Gasteiger partial charge in [0, 0.05) is 50.9 Å². The summed E-state index contributed by atoms with van der Waals surface area (Å²) in [4.78, 5) is 9.06. The second-order valence-electron chi connectivity index (χ2n) is 6.48. The highest BCUT2D eigenvalue weighted by molar-refractivity contribution is 4.94. The summed E-state index contributed by atoms with van der Waals surface area (Å²) >= 11 is 0. The predicted molar refractivity (Wildman–Crippen MR) is 80.7 cm³/mol. The fourth-order valence-electron chi connectivity index (χ4n) is 3.38. The van der Waals surface area contributed by atoms with E-state index in [4.69, 9.17) is 0 Å². The number of hydrogen-bond acceptors (Lipinski definition) is 4. The SMILES string of the molecule is CN(C)CC1(CO)CCCN(CCc2nccn2C)C1. The zero-order valence-electron chi connectivity index (χ0n) is 13.0. The highest BCUT2D eigenvalue weighted by Gasteiger charge is 2.35. The molecule has 20 heavy (non-hydrogen) atoms. The van der Waals surface area contributed by atoms with Crippen LogP contribution in [0.2, 0.25) is 0 Å².